The Hall–Kier alpha value is -1.17. The van der Waals surface area contributed by atoms with Gasteiger partial charge in [-0.15, -0.1) is 0 Å². The van der Waals surface area contributed by atoms with Gasteiger partial charge in [-0.25, -0.2) is 0 Å². The Morgan fingerprint density at radius 2 is 2.17 bits per heavy atom. The van der Waals surface area contributed by atoms with E-state index in [1.54, 1.807) is 12.1 Å². The molecule has 4 N–H and O–H groups in total. The SMILES string of the molecule is NCC#Cc1ccc(N)c(Cl)c1. The largest absolute Gasteiger partial charge is 0.398 e. The molecule has 0 aliphatic rings. The Bertz CT molecular complexity index is 336. The van der Waals surface area contributed by atoms with Crippen LogP contribution in [0.4, 0.5) is 5.69 Å². The zero-order chi connectivity index (χ0) is 8.97. The van der Waals surface area contributed by atoms with Gasteiger partial charge in [0.15, 0.2) is 0 Å². The first kappa shape index (κ1) is 8.92. The lowest BCUT2D eigenvalue weighted by molar-refractivity contribution is 1.30. The molecule has 0 aliphatic heterocycles. The lowest BCUT2D eigenvalue weighted by Gasteiger charge is -1.96. The molecule has 0 bridgehead atoms. The van der Waals surface area contributed by atoms with Crippen molar-refractivity contribution in [2.45, 2.75) is 0 Å². The molecule has 1 aromatic carbocycles. The summed E-state index contributed by atoms with van der Waals surface area (Å²) in [5.41, 5.74) is 12.1. The van der Waals surface area contributed by atoms with Gasteiger partial charge < -0.3 is 11.5 Å². The molecule has 1 rings (SSSR count). The minimum absolute atomic E-state index is 0.349. The molecule has 0 fully saturated rings. The third-order valence-corrected chi connectivity index (χ3v) is 1.66. The summed E-state index contributed by atoms with van der Waals surface area (Å²) >= 11 is 5.77. The molecule has 0 radical (unpaired) electrons. The summed E-state index contributed by atoms with van der Waals surface area (Å²) in [6.45, 7) is 0.349. The van der Waals surface area contributed by atoms with Crippen molar-refractivity contribution in [1.82, 2.24) is 0 Å². The highest BCUT2D eigenvalue weighted by atomic mass is 35.5. The highest BCUT2D eigenvalue weighted by Gasteiger charge is 1.94. The van der Waals surface area contributed by atoms with Gasteiger partial charge in [-0.05, 0) is 18.2 Å². The molecule has 0 unspecified atom stereocenters. The van der Waals surface area contributed by atoms with Gasteiger partial charge in [0.25, 0.3) is 0 Å². The van der Waals surface area contributed by atoms with Crippen molar-refractivity contribution in [1.29, 1.82) is 0 Å². The summed E-state index contributed by atoms with van der Waals surface area (Å²) < 4.78 is 0. The summed E-state index contributed by atoms with van der Waals surface area (Å²) in [6, 6.07) is 5.26. The number of nitrogens with two attached hydrogens (primary N) is 2. The summed E-state index contributed by atoms with van der Waals surface area (Å²) in [5.74, 6) is 5.59. The van der Waals surface area contributed by atoms with E-state index in [1.807, 2.05) is 6.07 Å². The van der Waals surface area contributed by atoms with Gasteiger partial charge in [0.2, 0.25) is 0 Å². The minimum Gasteiger partial charge on any atom is -0.398 e. The third kappa shape index (κ3) is 2.16. The van der Waals surface area contributed by atoms with E-state index in [1.165, 1.54) is 0 Å². The predicted octanol–water partition coefficient (Wildman–Crippen LogP) is 1.23. The van der Waals surface area contributed by atoms with Crippen molar-refractivity contribution in [2.75, 3.05) is 12.3 Å². The zero-order valence-electron chi connectivity index (χ0n) is 6.47. The molecule has 2 nitrogen and oxygen atoms in total. The van der Waals surface area contributed by atoms with Crippen LogP contribution in [0, 0.1) is 11.8 Å². The molecule has 3 heteroatoms. The van der Waals surface area contributed by atoms with Crippen LogP contribution in [0.15, 0.2) is 18.2 Å². The van der Waals surface area contributed by atoms with Crippen molar-refractivity contribution < 1.29 is 0 Å². The van der Waals surface area contributed by atoms with E-state index >= 15 is 0 Å². The molecule has 0 spiro atoms. The Balaban J connectivity index is 2.97. The van der Waals surface area contributed by atoms with E-state index < -0.39 is 0 Å². The molecule has 0 amide bonds. The van der Waals surface area contributed by atoms with Gasteiger partial charge >= 0.3 is 0 Å². The van der Waals surface area contributed by atoms with Crippen LogP contribution in [0.2, 0.25) is 5.02 Å². The summed E-state index contributed by atoms with van der Waals surface area (Å²) in [6.07, 6.45) is 0. The van der Waals surface area contributed by atoms with E-state index in [2.05, 4.69) is 11.8 Å². The van der Waals surface area contributed by atoms with Crippen LogP contribution in [0.5, 0.6) is 0 Å². The molecular weight excluding hydrogens is 172 g/mol. The molecule has 0 aliphatic carbocycles. The number of hydrogen-bond acceptors (Lipinski definition) is 2. The fourth-order valence-electron chi connectivity index (χ4n) is 0.758. The van der Waals surface area contributed by atoms with Crippen molar-refractivity contribution >= 4 is 17.3 Å². The molecular formula is C9H9ClN2. The Kier molecular flexibility index (Phi) is 2.98. The van der Waals surface area contributed by atoms with Crippen LogP contribution in [-0.2, 0) is 0 Å². The second kappa shape index (κ2) is 4.01. The lowest BCUT2D eigenvalue weighted by atomic mass is 10.2. The average molecular weight is 181 g/mol. The van der Waals surface area contributed by atoms with Crippen LogP contribution in [-0.4, -0.2) is 6.54 Å². The van der Waals surface area contributed by atoms with Gasteiger partial charge in [0, 0.05) is 5.56 Å². The topological polar surface area (TPSA) is 52.0 Å². The zero-order valence-corrected chi connectivity index (χ0v) is 7.23. The maximum Gasteiger partial charge on any atom is 0.0647 e. The molecule has 62 valence electrons. The first-order chi connectivity index (χ1) is 5.74. The number of halogens is 1. The first-order valence-corrected chi connectivity index (χ1v) is 3.86. The molecule has 0 aromatic heterocycles. The predicted molar refractivity (Wildman–Crippen MR) is 51.8 cm³/mol. The Morgan fingerprint density at radius 3 is 2.75 bits per heavy atom. The van der Waals surface area contributed by atoms with E-state index in [0.717, 1.165) is 5.56 Å². The maximum absolute atomic E-state index is 5.77. The number of hydrogen-bond donors (Lipinski definition) is 2. The Labute approximate surface area is 76.5 Å². The van der Waals surface area contributed by atoms with Crippen molar-refractivity contribution in [3.8, 4) is 11.8 Å². The molecule has 0 atom stereocenters. The fraction of sp³-hybridized carbons (Fsp3) is 0.111. The monoisotopic (exact) mass is 180 g/mol. The fourth-order valence-corrected chi connectivity index (χ4v) is 0.939. The standard InChI is InChI=1S/C9H9ClN2/c10-8-6-7(2-1-5-11)3-4-9(8)12/h3-4,6H,5,11-12H2. The smallest absolute Gasteiger partial charge is 0.0647 e. The van der Waals surface area contributed by atoms with E-state index in [9.17, 15) is 0 Å². The van der Waals surface area contributed by atoms with E-state index in [-0.39, 0.29) is 0 Å². The number of rotatable bonds is 0. The summed E-state index contributed by atoms with van der Waals surface area (Å²) in [4.78, 5) is 0. The van der Waals surface area contributed by atoms with Gasteiger partial charge in [0.05, 0.1) is 17.3 Å². The van der Waals surface area contributed by atoms with Crippen LogP contribution < -0.4 is 11.5 Å². The highest BCUT2D eigenvalue weighted by molar-refractivity contribution is 6.33. The normalized spacial score (nSPS) is 8.83. The number of nitrogen functional groups attached to an aromatic ring is 1. The number of anilines is 1. The van der Waals surface area contributed by atoms with Gasteiger partial charge in [0.1, 0.15) is 0 Å². The van der Waals surface area contributed by atoms with Gasteiger partial charge in [-0.3, -0.25) is 0 Å². The van der Waals surface area contributed by atoms with Crippen molar-refractivity contribution in [3.05, 3.63) is 28.8 Å². The molecule has 0 saturated carbocycles. The quantitative estimate of drug-likeness (QED) is 0.466. The third-order valence-electron chi connectivity index (χ3n) is 1.34. The molecule has 0 heterocycles. The van der Waals surface area contributed by atoms with Crippen LogP contribution in [0.1, 0.15) is 5.56 Å². The van der Waals surface area contributed by atoms with Crippen LogP contribution in [0.25, 0.3) is 0 Å². The molecule has 0 saturated heterocycles. The van der Waals surface area contributed by atoms with Gasteiger partial charge in [-0.1, -0.05) is 23.4 Å². The Morgan fingerprint density at radius 1 is 1.42 bits per heavy atom. The minimum atomic E-state index is 0.349. The summed E-state index contributed by atoms with van der Waals surface area (Å²) in [5, 5.41) is 0.527. The molecule has 1 aromatic rings. The second-order valence-corrected chi connectivity index (χ2v) is 2.65. The van der Waals surface area contributed by atoms with Gasteiger partial charge in [-0.2, -0.15) is 0 Å². The summed E-state index contributed by atoms with van der Waals surface area (Å²) in [7, 11) is 0. The lowest BCUT2D eigenvalue weighted by Crippen LogP contribution is -1.93. The molecule has 12 heavy (non-hydrogen) atoms. The number of benzene rings is 1. The van der Waals surface area contributed by atoms with Crippen molar-refractivity contribution in [2.24, 2.45) is 5.73 Å². The van der Waals surface area contributed by atoms with Crippen molar-refractivity contribution in [3.63, 3.8) is 0 Å². The van der Waals surface area contributed by atoms with Crippen LogP contribution >= 0.6 is 11.6 Å². The maximum atomic E-state index is 5.77. The first-order valence-electron chi connectivity index (χ1n) is 3.48. The highest BCUT2D eigenvalue weighted by Crippen LogP contribution is 2.18. The van der Waals surface area contributed by atoms with Crippen LogP contribution in [0.3, 0.4) is 0 Å². The second-order valence-electron chi connectivity index (χ2n) is 2.24. The average Bonchev–Trinajstić information content (AvgIpc) is 2.07. The van der Waals surface area contributed by atoms with E-state index in [0.29, 0.717) is 17.3 Å². The van der Waals surface area contributed by atoms with E-state index in [4.69, 9.17) is 23.1 Å².